The van der Waals surface area contributed by atoms with Gasteiger partial charge in [-0.05, 0) is 61.1 Å². The van der Waals surface area contributed by atoms with E-state index >= 15 is 0 Å². The van der Waals surface area contributed by atoms with Gasteiger partial charge in [0.05, 0.1) is 17.1 Å². The number of rotatable bonds is 5. The van der Waals surface area contributed by atoms with E-state index in [-0.39, 0.29) is 35.1 Å². The highest BCUT2D eigenvalue weighted by Crippen LogP contribution is 2.52. The largest absolute Gasteiger partial charge is 0.586 e. The number of hydrogen-bond donors (Lipinski definition) is 2. The number of aromatic carboxylic acids is 1. The first-order chi connectivity index (χ1) is 15.3. The predicted molar refractivity (Wildman–Crippen MR) is 107 cm³/mol. The molecular formula is C23H21F2NO6. The van der Waals surface area contributed by atoms with Gasteiger partial charge in [-0.15, -0.1) is 8.78 Å². The number of carbonyl (C=O) groups excluding carboxylic acids is 1. The van der Waals surface area contributed by atoms with Crippen molar-refractivity contribution in [3.05, 3.63) is 59.2 Å². The number of benzene rings is 2. The van der Waals surface area contributed by atoms with Crippen molar-refractivity contribution in [2.45, 2.75) is 49.5 Å². The summed E-state index contributed by atoms with van der Waals surface area (Å²) in [5.41, 5.74) is 0.782. The Morgan fingerprint density at radius 2 is 1.84 bits per heavy atom. The Hall–Kier alpha value is -3.20. The molecule has 2 aliphatic heterocycles. The van der Waals surface area contributed by atoms with Crippen LogP contribution >= 0.6 is 0 Å². The lowest BCUT2D eigenvalue weighted by atomic mass is 9.92. The van der Waals surface area contributed by atoms with Crippen LogP contribution in [0.25, 0.3) is 0 Å². The van der Waals surface area contributed by atoms with Crippen LogP contribution in [0.5, 0.6) is 11.5 Å². The van der Waals surface area contributed by atoms with Gasteiger partial charge in [0.25, 0.3) is 0 Å². The Labute approximate surface area is 182 Å². The van der Waals surface area contributed by atoms with Gasteiger partial charge >= 0.3 is 12.3 Å². The second-order valence-electron chi connectivity index (χ2n) is 8.40. The summed E-state index contributed by atoms with van der Waals surface area (Å²) < 4.78 is 41.4. The van der Waals surface area contributed by atoms with Crippen LogP contribution in [0, 0.1) is 0 Å². The maximum absolute atomic E-state index is 13.3. The lowest BCUT2D eigenvalue weighted by Crippen LogP contribution is -2.44. The maximum Gasteiger partial charge on any atom is 0.586 e. The zero-order valence-electron chi connectivity index (χ0n) is 17.0. The summed E-state index contributed by atoms with van der Waals surface area (Å²) in [6.07, 6.45) is -1.65. The lowest BCUT2D eigenvalue weighted by Gasteiger charge is -2.31. The van der Waals surface area contributed by atoms with Gasteiger partial charge in [-0.2, -0.15) is 0 Å². The monoisotopic (exact) mass is 445 g/mol. The van der Waals surface area contributed by atoms with Crippen molar-refractivity contribution in [3.8, 4) is 11.5 Å². The Balaban J connectivity index is 1.28. The van der Waals surface area contributed by atoms with E-state index in [1.54, 1.807) is 18.2 Å². The molecule has 1 saturated carbocycles. The van der Waals surface area contributed by atoms with Crippen molar-refractivity contribution in [1.29, 1.82) is 0 Å². The van der Waals surface area contributed by atoms with Crippen LogP contribution in [-0.2, 0) is 14.9 Å². The number of carboxylic acid groups (broad SMARTS) is 1. The molecule has 7 nitrogen and oxygen atoms in total. The van der Waals surface area contributed by atoms with Gasteiger partial charge in [-0.25, -0.2) is 4.79 Å². The standard InChI is InChI=1S/C23H21F2NO6/c24-23(25)31-17-5-4-15(11-19(17)32-23)22(7-8-22)21(29)26-16-6-9-30-18(12-16)13-2-1-3-14(10-13)20(27)28/h1-5,10-11,16,18H,6-9,12H2,(H,26,29)(H,27,28)/t16-,18+/m1/s1. The van der Waals surface area contributed by atoms with Crippen LogP contribution in [0.1, 0.15) is 53.3 Å². The van der Waals surface area contributed by atoms with E-state index in [1.807, 2.05) is 6.07 Å². The molecule has 32 heavy (non-hydrogen) atoms. The van der Waals surface area contributed by atoms with Crippen LogP contribution < -0.4 is 14.8 Å². The molecule has 1 amide bonds. The molecule has 0 spiro atoms. The van der Waals surface area contributed by atoms with E-state index in [9.17, 15) is 23.5 Å². The number of carboxylic acids is 1. The molecule has 2 aromatic rings. The Kier molecular flexibility index (Phi) is 4.81. The van der Waals surface area contributed by atoms with Gasteiger partial charge < -0.3 is 24.6 Å². The molecule has 2 N–H and O–H groups in total. The number of halogens is 2. The smallest absolute Gasteiger partial charge is 0.478 e. The number of carbonyl (C=O) groups is 2. The quantitative estimate of drug-likeness (QED) is 0.728. The van der Waals surface area contributed by atoms with E-state index in [1.165, 1.54) is 18.2 Å². The molecule has 2 aromatic carbocycles. The summed E-state index contributed by atoms with van der Waals surface area (Å²) in [7, 11) is 0. The fourth-order valence-electron chi connectivity index (χ4n) is 4.37. The zero-order chi connectivity index (χ0) is 22.5. The number of ether oxygens (including phenoxy) is 3. The summed E-state index contributed by atoms with van der Waals surface area (Å²) in [5.74, 6) is -1.29. The number of nitrogens with one attached hydrogen (secondary N) is 1. The molecule has 2 heterocycles. The Morgan fingerprint density at radius 1 is 1.06 bits per heavy atom. The average molecular weight is 445 g/mol. The molecule has 0 bridgehead atoms. The highest BCUT2D eigenvalue weighted by Gasteiger charge is 2.53. The summed E-state index contributed by atoms with van der Waals surface area (Å²) >= 11 is 0. The van der Waals surface area contributed by atoms with Crippen LogP contribution in [-0.4, -0.2) is 35.9 Å². The Bertz CT molecular complexity index is 1080. The van der Waals surface area contributed by atoms with Crippen molar-refractivity contribution >= 4 is 11.9 Å². The first-order valence-electron chi connectivity index (χ1n) is 10.4. The summed E-state index contributed by atoms with van der Waals surface area (Å²) in [6, 6.07) is 10.9. The number of amides is 1. The van der Waals surface area contributed by atoms with E-state index in [0.29, 0.717) is 37.9 Å². The third kappa shape index (κ3) is 3.77. The second-order valence-corrected chi connectivity index (χ2v) is 8.40. The van der Waals surface area contributed by atoms with Crippen LogP contribution in [0.2, 0.25) is 0 Å². The molecule has 1 aliphatic carbocycles. The van der Waals surface area contributed by atoms with E-state index < -0.39 is 17.7 Å². The van der Waals surface area contributed by atoms with Gasteiger partial charge in [0.2, 0.25) is 5.91 Å². The minimum Gasteiger partial charge on any atom is -0.478 e. The molecule has 5 rings (SSSR count). The highest BCUT2D eigenvalue weighted by atomic mass is 19.3. The first kappa shape index (κ1) is 20.7. The van der Waals surface area contributed by atoms with Gasteiger partial charge in [-0.3, -0.25) is 4.79 Å². The molecule has 3 aliphatic rings. The topological polar surface area (TPSA) is 94.1 Å². The molecular weight excluding hydrogens is 424 g/mol. The number of hydrogen-bond acceptors (Lipinski definition) is 5. The molecule has 1 saturated heterocycles. The Morgan fingerprint density at radius 3 is 2.59 bits per heavy atom. The van der Waals surface area contributed by atoms with Gasteiger partial charge in [0.1, 0.15) is 0 Å². The summed E-state index contributed by atoms with van der Waals surface area (Å²) in [5, 5.41) is 12.3. The molecule has 9 heteroatoms. The molecule has 0 aromatic heterocycles. The molecule has 2 fully saturated rings. The van der Waals surface area contributed by atoms with E-state index in [0.717, 1.165) is 5.56 Å². The van der Waals surface area contributed by atoms with Gasteiger partial charge in [0.15, 0.2) is 11.5 Å². The van der Waals surface area contributed by atoms with E-state index in [2.05, 4.69) is 14.8 Å². The second kappa shape index (κ2) is 7.44. The van der Waals surface area contributed by atoms with Crippen LogP contribution in [0.15, 0.2) is 42.5 Å². The first-order valence-corrected chi connectivity index (χ1v) is 10.4. The van der Waals surface area contributed by atoms with Gasteiger partial charge in [0, 0.05) is 12.6 Å². The van der Waals surface area contributed by atoms with Crippen molar-refractivity contribution < 1.29 is 37.7 Å². The van der Waals surface area contributed by atoms with Crippen molar-refractivity contribution in [2.24, 2.45) is 0 Å². The van der Waals surface area contributed by atoms with Crippen molar-refractivity contribution in [1.82, 2.24) is 5.32 Å². The van der Waals surface area contributed by atoms with Crippen molar-refractivity contribution in [2.75, 3.05) is 6.61 Å². The lowest BCUT2D eigenvalue weighted by molar-refractivity contribution is -0.286. The molecule has 168 valence electrons. The minimum absolute atomic E-state index is 0.0502. The highest BCUT2D eigenvalue weighted by molar-refractivity contribution is 5.91. The molecule has 0 unspecified atom stereocenters. The third-order valence-corrected chi connectivity index (χ3v) is 6.26. The number of fused-ring (bicyclic) bond motifs is 1. The number of alkyl halides is 2. The fourth-order valence-corrected chi connectivity index (χ4v) is 4.37. The average Bonchev–Trinajstić information content (AvgIpc) is 3.51. The fraction of sp³-hybridized carbons (Fsp3) is 0.391. The third-order valence-electron chi connectivity index (χ3n) is 6.26. The van der Waals surface area contributed by atoms with Crippen LogP contribution in [0.3, 0.4) is 0 Å². The summed E-state index contributed by atoms with van der Waals surface area (Å²) in [4.78, 5) is 24.4. The van der Waals surface area contributed by atoms with Gasteiger partial charge in [-0.1, -0.05) is 18.2 Å². The predicted octanol–water partition coefficient (Wildman–Crippen LogP) is 3.77. The summed E-state index contributed by atoms with van der Waals surface area (Å²) in [6.45, 7) is 0.430. The van der Waals surface area contributed by atoms with Crippen molar-refractivity contribution in [3.63, 3.8) is 0 Å². The van der Waals surface area contributed by atoms with E-state index in [4.69, 9.17) is 4.74 Å². The maximum atomic E-state index is 13.3. The minimum atomic E-state index is -3.70. The normalized spacial score (nSPS) is 24.6. The van der Waals surface area contributed by atoms with Crippen LogP contribution in [0.4, 0.5) is 8.78 Å². The SMILES string of the molecule is O=C(O)c1cccc([C@@H]2C[C@H](NC(=O)C3(c4ccc5c(c4)OC(F)(F)O5)CC3)CCO2)c1. The molecule has 2 atom stereocenters. The molecule has 0 radical (unpaired) electrons. The zero-order valence-corrected chi connectivity index (χ0v) is 17.0.